The molecule has 1 heterocycles. The second-order valence-electron chi connectivity index (χ2n) is 3.66. The number of methoxy groups -OCH3 is 1. The van der Waals surface area contributed by atoms with E-state index >= 15 is 0 Å². The van der Waals surface area contributed by atoms with Crippen LogP contribution < -0.4 is 0 Å². The average molecular weight is 262 g/mol. The predicted molar refractivity (Wildman–Crippen MR) is 62.1 cm³/mol. The topological polar surface area (TPSA) is 60.4 Å². The maximum atomic E-state index is 12.1. The molecule has 0 amide bonds. The molecule has 1 unspecified atom stereocenters. The van der Waals surface area contributed by atoms with Gasteiger partial charge in [-0.2, -0.15) is 0 Å². The van der Waals surface area contributed by atoms with E-state index in [1.165, 1.54) is 13.2 Å². The molecule has 0 aromatic carbocycles. The third kappa shape index (κ3) is 2.44. The lowest BCUT2D eigenvalue weighted by atomic mass is 10.1. The first kappa shape index (κ1) is 13.2. The van der Waals surface area contributed by atoms with Gasteiger partial charge in [0.25, 0.3) is 0 Å². The van der Waals surface area contributed by atoms with Crippen LogP contribution in [0.4, 0.5) is 0 Å². The second kappa shape index (κ2) is 4.97. The highest BCUT2D eigenvalue weighted by atomic mass is 32.2. The summed E-state index contributed by atoms with van der Waals surface area (Å²) in [4.78, 5) is 11.5. The molecule has 0 aliphatic rings. The number of sulfone groups is 1. The van der Waals surface area contributed by atoms with Gasteiger partial charge in [-0.25, -0.2) is 8.42 Å². The number of carbonyl (C=O) groups is 1. The highest BCUT2D eigenvalue weighted by molar-refractivity contribution is 7.94. The molecule has 0 bridgehead atoms. The Hall–Kier alpha value is -0.880. The highest BCUT2D eigenvalue weighted by Gasteiger charge is 2.38. The summed E-state index contributed by atoms with van der Waals surface area (Å²) in [7, 11) is -2.43. The number of thiophene rings is 1. The van der Waals surface area contributed by atoms with Crippen molar-refractivity contribution < 1.29 is 17.9 Å². The van der Waals surface area contributed by atoms with E-state index in [1.54, 1.807) is 25.3 Å². The van der Waals surface area contributed by atoms with E-state index in [-0.39, 0.29) is 10.1 Å². The van der Waals surface area contributed by atoms with Crippen molar-refractivity contribution in [2.75, 3.05) is 7.11 Å². The summed E-state index contributed by atoms with van der Waals surface area (Å²) in [6.45, 7) is 3.37. The van der Waals surface area contributed by atoms with Crippen molar-refractivity contribution in [2.45, 2.75) is 23.3 Å². The Morgan fingerprint density at radius 3 is 2.44 bits per heavy atom. The molecule has 1 rings (SSSR count). The molecule has 0 saturated heterocycles. The molecule has 0 spiro atoms. The number of ether oxygens (including phenoxy) is 1. The molecule has 0 fully saturated rings. The lowest BCUT2D eigenvalue weighted by Crippen LogP contribution is -2.35. The normalized spacial score (nSPS) is 13.8. The van der Waals surface area contributed by atoms with Crippen molar-refractivity contribution in [3.8, 4) is 0 Å². The number of hydrogen-bond donors (Lipinski definition) is 0. The summed E-state index contributed by atoms with van der Waals surface area (Å²) in [5, 5.41) is 0.540. The molecule has 1 aromatic rings. The van der Waals surface area contributed by atoms with Gasteiger partial charge in [-0.1, -0.05) is 19.9 Å². The Bertz CT molecular complexity index is 445. The van der Waals surface area contributed by atoms with Gasteiger partial charge >= 0.3 is 5.97 Å². The quantitative estimate of drug-likeness (QED) is 0.775. The molecule has 0 aliphatic carbocycles. The first-order chi connectivity index (χ1) is 7.41. The van der Waals surface area contributed by atoms with E-state index in [1.807, 2.05) is 0 Å². The Morgan fingerprint density at radius 2 is 2.06 bits per heavy atom. The standard InChI is InChI=1S/C10H14O4S2/c1-7(2)9(10(11)14-3)16(12,13)8-5-4-6-15-8/h4-7,9H,1-3H3. The van der Waals surface area contributed by atoms with Crippen LogP contribution in [0.25, 0.3) is 0 Å². The molecule has 1 aromatic heterocycles. The number of esters is 1. The van der Waals surface area contributed by atoms with Crippen molar-refractivity contribution >= 4 is 27.1 Å². The van der Waals surface area contributed by atoms with Crippen molar-refractivity contribution in [3.05, 3.63) is 17.5 Å². The van der Waals surface area contributed by atoms with Crippen LogP contribution in [0, 0.1) is 5.92 Å². The third-order valence-electron chi connectivity index (χ3n) is 2.15. The van der Waals surface area contributed by atoms with Gasteiger partial charge in [-0.3, -0.25) is 4.79 Å². The Labute approximate surface area is 99.2 Å². The minimum atomic E-state index is -3.62. The highest BCUT2D eigenvalue weighted by Crippen LogP contribution is 2.26. The van der Waals surface area contributed by atoms with Crippen LogP contribution in [0.1, 0.15) is 13.8 Å². The van der Waals surface area contributed by atoms with Gasteiger partial charge < -0.3 is 4.74 Å². The van der Waals surface area contributed by atoms with E-state index in [0.717, 1.165) is 11.3 Å². The van der Waals surface area contributed by atoms with E-state index in [0.29, 0.717) is 0 Å². The monoisotopic (exact) mass is 262 g/mol. The zero-order valence-corrected chi connectivity index (χ0v) is 11.0. The fourth-order valence-corrected chi connectivity index (χ4v) is 4.47. The van der Waals surface area contributed by atoms with Crippen LogP contribution in [-0.4, -0.2) is 26.7 Å². The summed E-state index contributed by atoms with van der Waals surface area (Å²) >= 11 is 1.11. The van der Waals surface area contributed by atoms with Crippen LogP contribution in [-0.2, 0) is 19.4 Å². The molecule has 0 radical (unpaired) electrons. The molecule has 16 heavy (non-hydrogen) atoms. The van der Waals surface area contributed by atoms with Crippen LogP contribution >= 0.6 is 11.3 Å². The maximum absolute atomic E-state index is 12.1. The Balaban J connectivity index is 3.18. The van der Waals surface area contributed by atoms with Crippen molar-refractivity contribution in [1.82, 2.24) is 0 Å². The van der Waals surface area contributed by atoms with Crippen LogP contribution in [0.3, 0.4) is 0 Å². The number of hydrogen-bond acceptors (Lipinski definition) is 5. The minimum Gasteiger partial charge on any atom is -0.468 e. The van der Waals surface area contributed by atoms with Gasteiger partial charge in [0.1, 0.15) is 4.21 Å². The van der Waals surface area contributed by atoms with Gasteiger partial charge in [0.15, 0.2) is 5.25 Å². The maximum Gasteiger partial charge on any atom is 0.324 e. The fourth-order valence-electron chi connectivity index (χ4n) is 1.42. The molecule has 0 aliphatic heterocycles. The fraction of sp³-hybridized carbons (Fsp3) is 0.500. The molecule has 1 atom stereocenters. The van der Waals surface area contributed by atoms with Crippen LogP contribution in [0.5, 0.6) is 0 Å². The van der Waals surface area contributed by atoms with Crippen molar-refractivity contribution in [3.63, 3.8) is 0 Å². The van der Waals surface area contributed by atoms with Crippen molar-refractivity contribution in [1.29, 1.82) is 0 Å². The van der Waals surface area contributed by atoms with Gasteiger partial charge in [0.2, 0.25) is 9.84 Å². The molecule has 90 valence electrons. The molecular weight excluding hydrogens is 248 g/mol. The SMILES string of the molecule is COC(=O)C(C(C)C)S(=O)(=O)c1cccs1. The predicted octanol–water partition coefficient (Wildman–Crippen LogP) is 1.72. The Morgan fingerprint density at radius 1 is 1.44 bits per heavy atom. The third-order valence-corrected chi connectivity index (χ3v) is 5.90. The van der Waals surface area contributed by atoms with Gasteiger partial charge in [0.05, 0.1) is 7.11 Å². The zero-order chi connectivity index (χ0) is 12.3. The lowest BCUT2D eigenvalue weighted by Gasteiger charge is -2.17. The largest absolute Gasteiger partial charge is 0.468 e. The van der Waals surface area contributed by atoms with Crippen molar-refractivity contribution in [2.24, 2.45) is 5.92 Å². The van der Waals surface area contributed by atoms with E-state index in [2.05, 4.69) is 4.74 Å². The number of rotatable bonds is 4. The summed E-state index contributed by atoms with van der Waals surface area (Å²) in [5.41, 5.74) is 0. The number of carbonyl (C=O) groups excluding carboxylic acids is 1. The van der Waals surface area contributed by atoms with Crippen LogP contribution in [0.15, 0.2) is 21.7 Å². The second-order valence-corrected chi connectivity index (χ2v) is 6.91. The van der Waals surface area contributed by atoms with E-state index in [9.17, 15) is 13.2 Å². The van der Waals surface area contributed by atoms with E-state index < -0.39 is 21.1 Å². The molecule has 6 heteroatoms. The van der Waals surface area contributed by atoms with Gasteiger partial charge in [0, 0.05) is 0 Å². The lowest BCUT2D eigenvalue weighted by molar-refractivity contribution is -0.140. The molecular formula is C10H14O4S2. The Kier molecular flexibility index (Phi) is 4.09. The smallest absolute Gasteiger partial charge is 0.324 e. The zero-order valence-electron chi connectivity index (χ0n) is 9.34. The van der Waals surface area contributed by atoms with Crippen LogP contribution in [0.2, 0.25) is 0 Å². The minimum absolute atomic E-state index is 0.205. The first-order valence-corrected chi connectivity index (χ1v) is 7.19. The summed E-state index contributed by atoms with van der Waals surface area (Å²) < 4.78 is 29.0. The summed E-state index contributed by atoms with van der Waals surface area (Å²) in [6.07, 6.45) is 0. The summed E-state index contributed by atoms with van der Waals surface area (Å²) in [6, 6.07) is 3.14. The molecule has 0 N–H and O–H groups in total. The van der Waals surface area contributed by atoms with Gasteiger partial charge in [-0.15, -0.1) is 11.3 Å². The average Bonchev–Trinajstić information content (AvgIpc) is 2.69. The first-order valence-electron chi connectivity index (χ1n) is 4.76. The van der Waals surface area contributed by atoms with Gasteiger partial charge in [-0.05, 0) is 17.4 Å². The molecule has 4 nitrogen and oxygen atoms in total. The summed E-state index contributed by atoms with van der Waals surface area (Å²) in [5.74, 6) is -1.03. The van der Waals surface area contributed by atoms with E-state index in [4.69, 9.17) is 0 Å². The molecule has 0 saturated carbocycles.